The van der Waals surface area contributed by atoms with Crippen molar-refractivity contribution in [2.24, 2.45) is 5.73 Å². The number of hydrogen-bond acceptors (Lipinski definition) is 2. The van der Waals surface area contributed by atoms with E-state index in [1.807, 2.05) is 13.8 Å². The minimum Gasteiger partial charge on any atom is -0.323 e. The molecule has 0 saturated heterocycles. The number of halogens is 4. The van der Waals surface area contributed by atoms with Gasteiger partial charge in [-0.2, -0.15) is 5.10 Å². The van der Waals surface area contributed by atoms with Crippen molar-refractivity contribution in [2.75, 3.05) is 0 Å². The van der Waals surface area contributed by atoms with Gasteiger partial charge in [0.25, 0.3) is 0 Å². The normalized spacial score (nSPS) is 12.7. The molecule has 1 atom stereocenters. The Morgan fingerprint density at radius 3 is 2.38 bits per heavy atom. The van der Waals surface area contributed by atoms with Gasteiger partial charge in [-0.25, -0.2) is 8.78 Å². The molecule has 0 bridgehead atoms. The van der Waals surface area contributed by atoms with Crippen LogP contribution in [-0.4, -0.2) is 9.78 Å². The van der Waals surface area contributed by atoms with Crippen molar-refractivity contribution >= 4 is 31.9 Å². The van der Waals surface area contributed by atoms with Crippen molar-refractivity contribution in [1.82, 2.24) is 9.78 Å². The fourth-order valence-electron chi connectivity index (χ4n) is 2.28. The Bertz CT molecular complexity index is 647. The lowest BCUT2D eigenvalue weighted by Gasteiger charge is -2.15. The smallest absolute Gasteiger partial charge is 0.132 e. The zero-order valence-electron chi connectivity index (χ0n) is 11.6. The number of benzene rings is 1. The van der Waals surface area contributed by atoms with Crippen LogP contribution in [0.4, 0.5) is 8.78 Å². The minimum absolute atomic E-state index is 0.105. The third-order valence-electron chi connectivity index (χ3n) is 3.28. The zero-order valence-corrected chi connectivity index (χ0v) is 14.8. The molecule has 2 rings (SSSR count). The van der Waals surface area contributed by atoms with Gasteiger partial charge in [0.2, 0.25) is 0 Å². The first-order chi connectivity index (χ1) is 9.85. The molecule has 21 heavy (non-hydrogen) atoms. The lowest BCUT2D eigenvalue weighted by atomic mass is 10.0. The van der Waals surface area contributed by atoms with E-state index in [0.29, 0.717) is 17.4 Å². The number of aromatic nitrogens is 2. The topological polar surface area (TPSA) is 43.8 Å². The maximum atomic E-state index is 14.0. The molecule has 0 aliphatic heterocycles. The Morgan fingerprint density at radius 2 is 1.86 bits per heavy atom. The minimum atomic E-state index is -0.782. The fourth-order valence-corrected chi connectivity index (χ4v) is 3.13. The van der Waals surface area contributed by atoms with Crippen molar-refractivity contribution < 1.29 is 8.78 Å². The van der Waals surface area contributed by atoms with Crippen LogP contribution in [0.25, 0.3) is 0 Å². The average Bonchev–Trinajstić information content (AvgIpc) is 2.65. The summed E-state index contributed by atoms with van der Waals surface area (Å²) in [6, 6.07) is 1.65. The Balaban J connectivity index is 2.37. The molecular formula is C14H15Br2F2N3. The van der Waals surface area contributed by atoms with E-state index in [1.54, 1.807) is 4.68 Å². The summed E-state index contributed by atoms with van der Waals surface area (Å²) in [5, 5.41) is 4.35. The monoisotopic (exact) mass is 421 g/mol. The fraction of sp³-hybridized carbons (Fsp3) is 0.357. The van der Waals surface area contributed by atoms with Crippen LogP contribution in [0.15, 0.2) is 21.1 Å². The molecule has 0 spiro atoms. The molecule has 0 aliphatic carbocycles. The van der Waals surface area contributed by atoms with E-state index in [1.165, 1.54) is 12.1 Å². The van der Waals surface area contributed by atoms with Gasteiger partial charge in [-0.3, -0.25) is 4.68 Å². The molecule has 1 aromatic heterocycles. The summed E-state index contributed by atoms with van der Waals surface area (Å²) in [6.07, 6.45) is 0.296. The number of rotatable bonds is 4. The van der Waals surface area contributed by atoms with Gasteiger partial charge in [0.15, 0.2) is 0 Å². The van der Waals surface area contributed by atoms with E-state index in [4.69, 9.17) is 5.73 Å². The largest absolute Gasteiger partial charge is 0.323 e. The molecule has 0 radical (unpaired) electrons. The van der Waals surface area contributed by atoms with Crippen LogP contribution in [0.2, 0.25) is 0 Å². The Morgan fingerprint density at radius 1 is 1.29 bits per heavy atom. The Labute approximate surface area is 138 Å². The second-order valence-corrected chi connectivity index (χ2v) is 6.46. The summed E-state index contributed by atoms with van der Waals surface area (Å²) in [5.41, 5.74) is 7.58. The molecule has 1 unspecified atom stereocenters. The van der Waals surface area contributed by atoms with Gasteiger partial charge in [0.05, 0.1) is 15.9 Å². The summed E-state index contributed by atoms with van der Waals surface area (Å²) in [6.45, 7) is 4.49. The lowest BCUT2D eigenvalue weighted by molar-refractivity contribution is 0.511. The molecular weight excluding hydrogens is 408 g/mol. The van der Waals surface area contributed by atoms with Crippen molar-refractivity contribution in [3.05, 3.63) is 49.7 Å². The van der Waals surface area contributed by atoms with Crippen LogP contribution in [0.1, 0.15) is 29.9 Å². The SMILES string of the molecule is CCn1nc(C)c(Br)c1CC(N)c1c(F)cc(Br)cc1F. The van der Waals surface area contributed by atoms with Crippen LogP contribution in [0, 0.1) is 18.6 Å². The molecule has 0 amide bonds. The summed E-state index contributed by atoms with van der Waals surface area (Å²) in [4.78, 5) is 0. The Kier molecular flexibility index (Phi) is 5.16. The highest BCUT2D eigenvalue weighted by Gasteiger charge is 2.22. The van der Waals surface area contributed by atoms with Gasteiger partial charge in [-0.15, -0.1) is 0 Å². The Hall–Kier alpha value is -0.790. The van der Waals surface area contributed by atoms with Crippen molar-refractivity contribution in [3.8, 4) is 0 Å². The number of hydrogen-bond donors (Lipinski definition) is 1. The van der Waals surface area contributed by atoms with Crippen LogP contribution in [0.3, 0.4) is 0 Å². The van der Waals surface area contributed by atoms with Crippen LogP contribution in [-0.2, 0) is 13.0 Å². The third kappa shape index (κ3) is 3.35. The van der Waals surface area contributed by atoms with E-state index in [9.17, 15) is 8.78 Å². The maximum absolute atomic E-state index is 14.0. The van der Waals surface area contributed by atoms with Crippen molar-refractivity contribution in [3.63, 3.8) is 0 Å². The molecule has 3 nitrogen and oxygen atoms in total. The highest BCUT2D eigenvalue weighted by molar-refractivity contribution is 9.10. The number of nitrogens with two attached hydrogens (primary N) is 1. The standard InChI is InChI=1S/C14H15Br2F2N3/c1-3-21-12(14(16)7(2)20-21)6-11(19)13-9(17)4-8(15)5-10(13)18/h4-5,11H,3,6,19H2,1-2H3. The second-order valence-electron chi connectivity index (χ2n) is 4.76. The summed E-state index contributed by atoms with van der Waals surface area (Å²) >= 11 is 6.52. The highest BCUT2D eigenvalue weighted by atomic mass is 79.9. The van der Waals surface area contributed by atoms with E-state index in [2.05, 4.69) is 37.0 Å². The molecule has 7 heteroatoms. The van der Waals surface area contributed by atoms with E-state index in [0.717, 1.165) is 15.9 Å². The van der Waals surface area contributed by atoms with E-state index in [-0.39, 0.29) is 5.56 Å². The molecule has 1 aromatic carbocycles. The van der Waals surface area contributed by atoms with E-state index >= 15 is 0 Å². The molecule has 2 N–H and O–H groups in total. The maximum Gasteiger partial charge on any atom is 0.132 e. The van der Waals surface area contributed by atoms with Crippen molar-refractivity contribution in [1.29, 1.82) is 0 Å². The van der Waals surface area contributed by atoms with Crippen LogP contribution in [0.5, 0.6) is 0 Å². The highest BCUT2D eigenvalue weighted by Crippen LogP contribution is 2.29. The van der Waals surface area contributed by atoms with Gasteiger partial charge in [0.1, 0.15) is 11.6 Å². The van der Waals surface area contributed by atoms with Gasteiger partial charge in [-0.05, 0) is 41.9 Å². The lowest BCUT2D eigenvalue weighted by Crippen LogP contribution is -2.19. The molecule has 0 fully saturated rings. The first-order valence-corrected chi connectivity index (χ1v) is 8.05. The molecule has 114 valence electrons. The van der Waals surface area contributed by atoms with Gasteiger partial charge in [0, 0.05) is 29.0 Å². The number of nitrogens with zero attached hydrogens (tertiary/aromatic N) is 2. The molecule has 0 saturated carbocycles. The van der Waals surface area contributed by atoms with E-state index < -0.39 is 17.7 Å². The molecule has 0 aliphatic rings. The van der Waals surface area contributed by atoms with Gasteiger partial charge < -0.3 is 5.73 Å². The summed E-state index contributed by atoms with van der Waals surface area (Å²) < 4.78 is 30.9. The first kappa shape index (κ1) is 16.6. The molecule has 1 heterocycles. The van der Waals surface area contributed by atoms with Crippen LogP contribution < -0.4 is 5.73 Å². The summed E-state index contributed by atoms with van der Waals surface area (Å²) in [5.74, 6) is -1.30. The van der Waals surface area contributed by atoms with Gasteiger partial charge in [-0.1, -0.05) is 15.9 Å². The quantitative estimate of drug-likeness (QED) is 0.799. The van der Waals surface area contributed by atoms with Crippen LogP contribution >= 0.6 is 31.9 Å². The second kappa shape index (κ2) is 6.54. The first-order valence-electron chi connectivity index (χ1n) is 6.46. The predicted octanol–water partition coefficient (Wildman–Crippen LogP) is 4.26. The van der Waals surface area contributed by atoms with Crippen molar-refractivity contribution in [2.45, 2.75) is 32.9 Å². The molecule has 2 aromatic rings. The summed E-state index contributed by atoms with van der Waals surface area (Å²) in [7, 11) is 0. The zero-order chi connectivity index (χ0) is 15.7. The average molecular weight is 423 g/mol. The van der Waals surface area contributed by atoms with Gasteiger partial charge >= 0.3 is 0 Å². The third-order valence-corrected chi connectivity index (χ3v) is 4.77. The number of aryl methyl sites for hydroxylation is 2. The predicted molar refractivity (Wildman–Crippen MR) is 85.0 cm³/mol.